The van der Waals surface area contributed by atoms with Crippen molar-refractivity contribution in [3.8, 4) is 0 Å². The van der Waals surface area contributed by atoms with Gasteiger partial charge in [0.05, 0.1) is 0 Å². The van der Waals surface area contributed by atoms with Gasteiger partial charge in [-0.3, -0.25) is 0 Å². The van der Waals surface area contributed by atoms with E-state index in [9.17, 15) is 0 Å². The molecule has 4 rings (SSSR count). The summed E-state index contributed by atoms with van der Waals surface area (Å²) in [5.41, 5.74) is 4.24. The van der Waals surface area contributed by atoms with E-state index in [-0.39, 0.29) is 0 Å². The van der Waals surface area contributed by atoms with E-state index in [0.29, 0.717) is 0 Å². The molecule has 32 heavy (non-hydrogen) atoms. The van der Waals surface area contributed by atoms with Gasteiger partial charge in [-0.05, 0) is 69.6 Å². The monoisotopic (exact) mass is 440 g/mol. The highest BCUT2D eigenvalue weighted by atomic mass is 14.2. The van der Waals surface area contributed by atoms with Gasteiger partial charge in [-0.2, -0.15) is 0 Å². The van der Waals surface area contributed by atoms with Crippen LogP contribution in [0.1, 0.15) is 123 Å². The second-order valence-corrected chi connectivity index (χ2v) is 11.8. The maximum absolute atomic E-state index is 2.37. The van der Waals surface area contributed by atoms with E-state index in [2.05, 4.69) is 85.7 Å². The topological polar surface area (TPSA) is 0 Å². The fourth-order valence-corrected chi connectivity index (χ4v) is 4.59. The molecule has 0 radical (unpaired) electrons. The summed E-state index contributed by atoms with van der Waals surface area (Å²) in [5, 5.41) is 0. The highest BCUT2D eigenvalue weighted by Crippen LogP contribution is 2.28. The van der Waals surface area contributed by atoms with Crippen molar-refractivity contribution < 1.29 is 0 Å². The third-order valence-corrected chi connectivity index (χ3v) is 7.73. The number of allylic oxidation sites excluding steroid dienone is 2. The van der Waals surface area contributed by atoms with Crippen LogP contribution in [0.4, 0.5) is 0 Å². The van der Waals surface area contributed by atoms with Crippen LogP contribution in [0.25, 0.3) is 0 Å². The summed E-state index contributed by atoms with van der Waals surface area (Å²) >= 11 is 0. The van der Waals surface area contributed by atoms with Gasteiger partial charge in [-0.1, -0.05) is 133 Å². The summed E-state index contributed by atoms with van der Waals surface area (Å²) in [6.45, 7) is 18.2. The molecule has 0 heteroatoms. The quantitative estimate of drug-likeness (QED) is 0.352. The molecule has 0 saturated heterocycles. The molecule has 1 unspecified atom stereocenters. The number of hydrogen-bond acceptors (Lipinski definition) is 0. The van der Waals surface area contributed by atoms with Crippen molar-refractivity contribution in [3.05, 3.63) is 47.0 Å². The molecular weight excluding hydrogens is 384 g/mol. The van der Waals surface area contributed by atoms with Gasteiger partial charge in [0.25, 0.3) is 0 Å². The van der Waals surface area contributed by atoms with Crippen LogP contribution < -0.4 is 0 Å². The van der Waals surface area contributed by atoms with Gasteiger partial charge in [0.1, 0.15) is 0 Å². The van der Waals surface area contributed by atoms with Crippen molar-refractivity contribution in [2.75, 3.05) is 0 Å². The van der Waals surface area contributed by atoms with Crippen molar-refractivity contribution in [3.63, 3.8) is 0 Å². The highest BCUT2D eigenvalue weighted by Gasteiger charge is 2.13. The number of rotatable bonds is 0. The van der Waals surface area contributed by atoms with E-state index >= 15 is 0 Å². The fraction of sp³-hybridized carbons (Fsp3) is 0.750. The molecule has 0 heterocycles. The van der Waals surface area contributed by atoms with Crippen molar-refractivity contribution in [2.24, 2.45) is 29.6 Å². The first-order valence-corrected chi connectivity index (χ1v) is 13.8. The Morgan fingerprint density at radius 3 is 1.00 bits per heavy atom. The van der Waals surface area contributed by atoms with Crippen LogP contribution in [0.3, 0.4) is 0 Å². The second kappa shape index (κ2) is 16.6. The zero-order chi connectivity index (χ0) is 23.9. The Morgan fingerprint density at radius 2 is 0.781 bits per heavy atom. The molecule has 0 bridgehead atoms. The SMILES string of the molecule is CC1=CCC(C)CC1.CC1CCC(C)CC1.CC1CCC(C)CC1.Cc1ccc(C)cc1. The van der Waals surface area contributed by atoms with Gasteiger partial charge < -0.3 is 0 Å². The van der Waals surface area contributed by atoms with E-state index in [4.69, 9.17) is 0 Å². The normalized spacial score (nSPS) is 29.6. The summed E-state index contributed by atoms with van der Waals surface area (Å²) in [5.74, 6) is 5.02. The summed E-state index contributed by atoms with van der Waals surface area (Å²) in [6.07, 6.45) is 18.2. The van der Waals surface area contributed by atoms with Crippen LogP contribution in [0.2, 0.25) is 0 Å². The average Bonchev–Trinajstić information content (AvgIpc) is 2.78. The van der Waals surface area contributed by atoms with Gasteiger partial charge in [0.2, 0.25) is 0 Å². The molecule has 0 spiro atoms. The smallest absolute Gasteiger partial charge is 0.0320 e. The predicted octanol–water partition coefficient (Wildman–Crippen LogP) is 10.7. The molecule has 2 fully saturated rings. The van der Waals surface area contributed by atoms with E-state index in [1.54, 1.807) is 5.57 Å². The lowest BCUT2D eigenvalue weighted by atomic mass is 9.84. The lowest BCUT2D eigenvalue weighted by Gasteiger charge is -2.22. The maximum atomic E-state index is 2.37. The minimum Gasteiger partial charge on any atom is -0.0853 e. The zero-order valence-electron chi connectivity index (χ0n) is 23.1. The number of hydrogen-bond donors (Lipinski definition) is 0. The van der Waals surface area contributed by atoms with E-state index in [1.165, 1.54) is 81.8 Å². The predicted molar refractivity (Wildman–Crippen MR) is 146 cm³/mol. The van der Waals surface area contributed by atoms with Gasteiger partial charge >= 0.3 is 0 Å². The molecule has 3 aliphatic carbocycles. The van der Waals surface area contributed by atoms with E-state index in [0.717, 1.165) is 29.6 Å². The molecule has 0 N–H and O–H groups in total. The molecule has 184 valence electrons. The Labute approximate surface area is 202 Å². The van der Waals surface area contributed by atoms with Gasteiger partial charge in [-0.25, -0.2) is 0 Å². The van der Waals surface area contributed by atoms with Gasteiger partial charge in [0.15, 0.2) is 0 Å². The summed E-state index contributed by atoms with van der Waals surface area (Å²) in [7, 11) is 0. The Bertz CT molecular complexity index is 530. The molecule has 0 aromatic heterocycles. The minimum atomic E-state index is 0.943. The molecule has 1 aromatic rings. The van der Waals surface area contributed by atoms with Crippen LogP contribution in [0.5, 0.6) is 0 Å². The number of benzene rings is 1. The van der Waals surface area contributed by atoms with Gasteiger partial charge in [-0.15, -0.1) is 0 Å². The molecular formula is C32H56. The Morgan fingerprint density at radius 1 is 0.469 bits per heavy atom. The minimum absolute atomic E-state index is 0.943. The third kappa shape index (κ3) is 14.9. The molecule has 3 aliphatic rings. The number of aryl methyl sites for hydroxylation is 2. The zero-order valence-corrected chi connectivity index (χ0v) is 23.1. The summed E-state index contributed by atoms with van der Waals surface area (Å²) in [6, 6.07) is 8.48. The summed E-state index contributed by atoms with van der Waals surface area (Å²) in [4.78, 5) is 0. The molecule has 2 saturated carbocycles. The van der Waals surface area contributed by atoms with Gasteiger partial charge in [0, 0.05) is 0 Å². The molecule has 0 amide bonds. The molecule has 0 aliphatic heterocycles. The molecule has 1 atom stereocenters. The second-order valence-electron chi connectivity index (χ2n) is 11.8. The van der Waals surface area contributed by atoms with Crippen molar-refractivity contribution in [1.82, 2.24) is 0 Å². The molecule has 0 nitrogen and oxygen atoms in total. The largest absolute Gasteiger partial charge is 0.0853 e. The van der Waals surface area contributed by atoms with Crippen LogP contribution in [0.15, 0.2) is 35.9 Å². The first kappa shape index (κ1) is 29.0. The van der Waals surface area contributed by atoms with Crippen molar-refractivity contribution in [2.45, 2.75) is 126 Å². The van der Waals surface area contributed by atoms with Crippen LogP contribution in [0, 0.1) is 43.4 Å². The van der Waals surface area contributed by atoms with E-state index < -0.39 is 0 Å². The highest BCUT2D eigenvalue weighted by molar-refractivity contribution is 5.19. The Kier molecular flexibility index (Phi) is 15.0. The average molecular weight is 441 g/mol. The summed E-state index contributed by atoms with van der Waals surface area (Å²) < 4.78 is 0. The first-order chi connectivity index (χ1) is 15.2. The maximum Gasteiger partial charge on any atom is -0.0320 e. The lowest BCUT2D eigenvalue weighted by molar-refractivity contribution is 0.308. The Balaban J connectivity index is 0.000000213. The van der Waals surface area contributed by atoms with Crippen molar-refractivity contribution >= 4 is 0 Å². The first-order valence-electron chi connectivity index (χ1n) is 13.8. The fourth-order valence-electron chi connectivity index (χ4n) is 4.59. The van der Waals surface area contributed by atoms with Crippen LogP contribution in [-0.4, -0.2) is 0 Å². The Hall–Kier alpha value is -1.04. The lowest BCUT2D eigenvalue weighted by Crippen LogP contribution is -2.08. The standard InChI is InChI=1S/2C8H16.C8H14.C8H10/c4*1-7-3-5-8(2)6-4-7/h2*7-8H,3-6H2,1-2H3;3,8H,4-6H2,1-2H3;3-6H,1-2H3. The van der Waals surface area contributed by atoms with Crippen LogP contribution >= 0.6 is 0 Å². The third-order valence-electron chi connectivity index (χ3n) is 7.73. The van der Waals surface area contributed by atoms with E-state index in [1.807, 2.05) is 0 Å². The molecule has 1 aromatic carbocycles. The van der Waals surface area contributed by atoms with Crippen molar-refractivity contribution in [1.29, 1.82) is 0 Å². The van der Waals surface area contributed by atoms with Crippen LogP contribution in [-0.2, 0) is 0 Å².